The van der Waals surface area contributed by atoms with Gasteiger partial charge >= 0.3 is 5.97 Å². The van der Waals surface area contributed by atoms with Crippen LogP contribution in [-0.2, 0) is 9.53 Å². The molecule has 2 aliphatic rings. The number of anilines is 1. The lowest BCUT2D eigenvalue weighted by molar-refractivity contribution is -0.116. The minimum Gasteiger partial charge on any atom is -0.478 e. The van der Waals surface area contributed by atoms with Crippen LogP contribution < -0.4 is 10.2 Å². The number of nitrogens with zero attached hydrogens (tertiary/aromatic N) is 2. The van der Waals surface area contributed by atoms with Crippen molar-refractivity contribution in [3.05, 3.63) is 27.2 Å². The van der Waals surface area contributed by atoms with Crippen LogP contribution in [-0.4, -0.2) is 55.0 Å². The van der Waals surface area contributed by atoms with E-state index < -0.39 is 5.97 Å². The standard InChI is InChI=1S/C19H24ClN3O4S/c1-4-11-7-14(21-17(11)20)18(24)22-13-5-6-23(9-15(13)27-3)16-8-12(19(25)26)10(2)28-16/h8,13,15H,4-7,9H2,1-3H3,(H,22,24)(H,25,26)/t13-,15+/m1/s1. The second-order valence-electron chi connectivity index (χ2n) is 6.93. The number of ether oxygens (including phenoxy) is 1. The molecule has 0 aromatic carbocycles. The first-order valence-electron chi connectivity index (χ1n) is 9.21. The number of thiophene rings is 1. The highest BCUT2D eigenvalue weighted by Gasteiger charge is 2.33. The third-order valence-electron chi connectivity index (χ3n) is 5.22. The molecular weight excluding hydrogens is 402 g/mol. The number of hydrogen-bond acceptors (Lipinski definition) is 6. The van der Waals surface area contributed by atoms with Gasteiger partial charge in [0.2, 0.25) is 0 Å². The summed E-state index contributed by atoms with van der Waals surface area (Å²) in [5.41, 5.74) is 1.76. The topological polar surface area (TPSA) is 91.2 Å². The lowest BCUT2D eigenvalue weighted by Crippen LogP contribution is -2.55. The fraction of sp³-hybridized carbons (Fsp3) is 0.526. The normalized spacial score (nSPS) is 22.4. The molecule has 2 N–H and O–H groups in total. The predicted molar refractivity (Wildman–Crippen MR) is 111 cm³/mol. The van der Waals surface area contributed by atoms with E-state index in [0.29, 0.717) is 42.4 Å². The third kappa shape index (κ3) is 4.24. The number of methoxy groups -OCH3 is 1. The van der Waals surface area contributed by atoms with E-state index in [9.17, 15) is 14.7 Å². The Morgan fingerprint density at radius 2 is 2.25 bits per heavy atom. The molecule has 3 rings (SSSR count). The summed E-state index contributed by atoms with van der Waals surface area (Å²) in [5.74, 6) is -1.12. The van der Waals surface area contributed by atoms with Crippen LogP contribution in [0.3, 0.4) is 0 Å². The number of piperidine rings is 1. The van der Waals surface area contributed by atoms with E-state index >= 15 is 0 Å². The first-order valence-corrected chi connectivity index (χ1v) is 10.4. The van der Waals surface area contributed by atoms with E-state index in [0.717, 1.165) is 21.9 Å². The Labute approximate surface area is 173 Å². The summed E-state index contributed by atoms with van der Waals surface area (Å²) >= 11 is 7.54. The smallest absolute Gasteiger partial charge is 0.336 e. The average molecular weight is 426 g/mol. The molecule has 0 saturated carbocycles. The highest BCUT2D eigenvalue weighted by atomic mass is 35.5. The Kier molecular flexibility index (Phi) is 6.42. The van der Waals surface area contributed by atoms with Crippen LogP contribution in [0, 0.1) is 6.92 Å². The number of carboxylic acids is 1. The summed E-state index contributed by atoms with van der Waals surface area (Å²) < 4.78 is 5.62. The zero-order valence-corrected chi connectivity index (χ0v) is 17.7. The van der Waals surface area contributed by atoms with Gasteiger partial charge in [0.1, 0.15) is 10.9 Å². The number of halogens is 1. The summed E-state index contributed by atoms with van der Waals surface area (Å²) in [6.07, 6.45) is 1.75. The van der Waals surface area contributed by atoms with Crippen molar-refractivity contribution in [2.24, 2.45) is 4.99 Å². The molecule has 152 valence electrons. The van der Waals surface area contributed by atoms with Gasteiger partial charge in [0.25, 0.3) is 5.91 Å². The third-order valence-corrected chi connectivity index (χ3v) is 6.68. The highest BCUT2D eigenvalue weighted by Crippen LogP contribution is 2.32. The van der Waals surface area contributed by atoms with Gasteiger partial charge in [0, 0.05) is 31.5 Å². The van der Waals surface area contributed by atoms with E-state index in [4.69, 9.17) is 16.3 Å². The average Bonchev–Trinajstić information content (AvgIpc) is 3.24. The van der Waals surface area contributed by atoms with E-state index in [1.54, 1.807) is 13.2 Å². The molecule has 1 fully saturated rings. The van der Waals surface area contributed by atoms with Gasteiger partial charge in [-0.2, -0.15) is 0 Å². The van der Waals surface area contributed by atoms with Crippen molar-refractivity contribution in [3.63, 3.8) is 0 Å². The van der Waals surface area contributed by atoms with Crippen molar-refractivity contribution in [3.8, 4) is 0 Å². The number of hydrogen-bond donors (Lipinski definition) is 2. The molecule has 0 radical (unpaired) electrons. The van der Waals surface area contributed by atoms with E-state index in [2.05, 4.69) is 15.2 Å². The second kappa shape index (κ2) is 8.63. The molecule has 1 saturated heterocycles. The minimum atomic E-state index is -0.915. The molecule has 1 aromatic heterocycles. The van der Waals surface area contributed by atoms with Crippen LogP contribution >= 0.6 is 22.9 Å². The maximum absolute atomic E-state index is 12.6. The summed E-state index contributed by atoms with van der Waals surface area (Å²) in [5, 5.41) is 13.6. The van der Waals surface area contributed by atoms with Crippen LogP contribution in [0.4, 0.5) is 5.00 Å². The zero-order chi connectivity index (χ0) is 20.4. The Bertz CT molecular complexity index is 848. The van der Waals surface area contributed by atoms with Gasteiger partial charge in [-0.1, -0.05) is 18.5 Å². The second-order valence-corrected chi connectivity index (χ2v) is 8.52. The van der Waals surface area contributed by atoms with Crippen LogP contribution in [0.25, 0.3) is 0 Å². The predicted octanol–water partition coefficient (Wildman–Crippen LogP) is 3.17. The summed E-state index contributed by atoms with van der Waals surface area (Å²) in [4.78, 5) is 31.0. The number of aliphatic imine (C=N–C) groups is 1. The summed E-state index contributed by atoms with van der Waals surface area (Å²) in [6, 6.07) is 1.57. The fourth-order valence-electron chi connectivity index (χ4n) is 3.52. The molecule has 0 bridgehead atoms. The Morgan fingerprint density at radius 1 is 1.50 bits per heavy atom. The first kappa shape index (κ1) is 20.8. The lowest BCUT2D eigenvalue weighted by atomic mass is 10.0. The van der Waals surface area contributed by atoms with Gasteiger partial charge in [0.05, 0.1) is 22.7 Å². The largest absolute Gasteiger partial charge is 0.478 e. The maximum atomic E-state index is 12.6. The first-order chi connectivity index (χ1) is 13.3. The van der Waals surface area contributed by atoms with Crippen LogP contribution in [0.5, 0.6) is 0 Å². The molecule has 9 heteroatoms. The van der Waals surface area contributed by atoms with Crippen LogP contribution in [0.1, 0.15) is 41.4 Å². The molecule has 3 heterocycles. The number of rotatable bonds is 6. The molecule has 0 aliphatic carbocycles. The van der Waals surface area contributed by atoms with Gasteiger partial charge in [-0.25, -0.2) is 9.79 Å². The molecule has 0 spiro atoms. The van der Waals surface area contributed by atoms with Gasteiger partial charge in [-0.05, 0) is 31.4 Å². The minimum absolute atomic E-state index is 0.138. The van der Waals surface area contributed by atoms with Crippen LogP contribution in [0.15, 0.2) is 21.8 Å². The van der Waals surface area contributed by atoms with Crippen molar-refractivity contribution in [2.75, 3.05) is 25.1 Å². The molecule has 1 aromatic rings. The Balaban J connectivity index is 1.64. The van der Waals surface area contributed by atoms with Crippen molar-refractivity contribution >= 4 is 45.5 Å². The number of carbonyl (C=O) groups excluding carboxylic acids is 1. The number of allylic oxidation sites excluding steroid dienone is 1. The monoisotopic (exact) mass is 425 g/mol. The molecule has 0 unspecified atom stereocenters. The summed E-state index contributed by atoms with van der Waals surface area (Å²) in [7, 11) is 1.62. The Hall–Kier alpha value is -1.90. The number of aryl methyl sites for hydroxylation is 1. The van der Waals surface area contributed by atoms with E-state index in [1.807, 2.05) is 13.8 Å². The molecular formula is C19H24ClN3O4S. The van der Waals surface area contributed by atoms with Crippen molar-refractivity contribution in [2.45, 2.75) is 45.3 Å². The van der Waals surface area contributed by atoms with E-state index in [1.165, 1.54) is 11.3 Å². The number of carbonyl (C=O) groups is 2. The number of amides is 1. The van der Waals surface area contributed by atoms with E-state index in [-0.39, 0.29) is 18.1 Å². The molecule has 7 nitrogen and oxygen atoms in total. The van der Waals surface area contributed by atoms with Gasteiger partial charge in [-0.3, -0.25) is 4.79 Å². The van der Waals surface area contributed by atoms with Gasteiger partial charge in [-0.15, -0.1) is 11.3 Å². The molecule has 28 heavy (non-hydrogen) atoms. The van der Waals surface area contributed by atoms with Crippen LogP contribution in [0.2, 0.25) is 0 Å². The fourth-order valence-corrected chi connectivity index (χ4v) is 4.87. The SMILES string of the molecule is CCC1=C(Cl)N=C(C(=O)N[C@@H]2CCN(c3cc(C(=O)O)c(C)s3)C[C@@H]2OC)C1. The number of aromatic carboxylic acids is 1. The quantitative estimate of drug-likeness (QED) is 0.683. The van der Waals surface area contributed by atoms with Crippen molar-refractivity contribution in [1.82, 2.24) is 5.32 Å². The molecule has 2 atom stereocenters. The van der Waals surface area contributed by atoms with Crippen molar-refractivity contribution < 1.29 is 19.4 Å². The zero-order valence-electron chi connectivity index (χ0n) is 16.1. The molecule has 1 amide bonds. The Morgan fingerprint density at radius 3 is 2.82 bits per heavy atom. The lowest BCUT2D eigenvalue weighted by Gasteiger charge is -2.38. The number of nitrogens with one attached hydrogen (secondary N) is 1. The van der Waals surface area contributed by atoms with Gasteiger partial charge in [0.15, 0.2) is 0 Å². The van der Waals surface area contributed by atoms with Gasteiger partial charge < -0.3 is 20.1 Å². The summed E-state index contributed by atoms with van der Waals surface area (Å²) in [6.45, 7) is 5.08. The highest BCUT2D eigenvalue weighted by molar-refractivity contribution is 7.16. The molecule has 2 aliphatic heterocycles. The maximum Gasteiger partial charge on any atom is 0.336 e. The number of carboxylic acid groups (broad SMARTS) is 1. The van der Waals surface area contributed by atoms with Crippen molar-refractivity contribution in [1.29, 1.82) is 0 Å².